The van der Waals surface area contributed by atoms with Crippen LogP contribution in [0.15, 0.2) is 0 Å². The Bertz CT molecular complexity index is 125. The molecule has 0 unspecified atom stereocenters. The molecular weight excluding hydrogens is 197 g/mol. The molecule has 4 heteroatoms. The van der Waals surface area contributed by atoms with Crippen molar-refractivity contribution in [3.8, 4) is 0 Å². The van der Waals surface area contributed by atoms with Crippen molar-refractivity contribution in [3.05, 3.63) is 0 Å². The summed E-state index contributed by atoms with van der Waals surface area (Å²) < 4.78 is 14.6. The van der Waals surface area contributed by atoms with Crippen LogP contribution in [0.5, 0.6) is 0 Å². The van der Waals surface area contributed by atoms with E-state index in [1.54, 1.807) is 0 Å². The minimum atomic E-state index is -1.36. The number of carbonyl (C=O) groups excluding carboxylic acids is 1. The summed E-state index contributed by atoms with van der Waals surface area (Å²) in [6, 6.07) is 0. The Balaban J connectivity index is 3.01. The van der Waals surface area contributed by atoms with E-state index < -0.39 is 17.1 Å². The number of hydrogen-bond acceptors (Lipinski definition) is 3. The van der Waals surface area contributed by atoms with Gasteiger partial charge in [0.15, 0.2) is 0 Å². The zero-order valence-electron chi connectivity index (χ0n) is 6.97. The van der Waals surface area contributed by atoms with Crippen molar-refractivity contribution in [2.45, 2.75) is 30.7 Å². The third-order valence-corrected chi connectivity index (χ3v) is 3.16. The molecule has 0 spiro atoms. The molecule has 3 nitrogen and oxygen atoms in total. The number of esters is 1. The van der Waals surface area contributed by atoms with Crippen LogP contribution in [0.1, 0.15) is 25.7 Å². The second-order valence-electron chi connectivity index (χ2n) is 2.44. The average molecular weight is 211 g/mol. The Hall–Kier alpha value is -0.107. The van der Waals surface area contributed by atoms with Gasteiger partial charge >= 0.3 is 74.0 Å². The summed E-state index contributed by atoms with van der Waals surface area (Å²) >= 11 is -1.36. The van der Waals surface area contributed by atoms with E-state index in [2.05, 4.69) is 4.74 Å². The normalized spacial score (nSPS) is 8.82. The van der Waals surface area contributed by atoms with Crippen LogP contribution in [0.4, 0.5) is 0 Å². The number of rotatable bonds is 6. The third kappa shape index (κ3) is 7.79. The molecule has 0 heterocycles. The minimum absolute atomic E-state index is 0.145. The van der Waals surface area contributed by atoms with Gasteiger partial charge in [0.25, 0.3) is 0 Å². The molecule has 0 amide bonds. The molecule has 0 fully saturated rings. The number of hydrogen-bond donors (Lipinski definition) is 0. The Morgan fingerprint density at radius 1 is 1.36 bits per heavy atom. The van der Waals surface area contributed by atoms with Crippen LogP contribution in [0.2, 0.25) is 5.02 Å². The summed E-state index contributed by atoms with van der Waals surface area (Å²) in [5, 5.41) is 0.911. The van der Waals surface area contributed by atoms with Crippen molar-refractivity contribution in [2.24, 2.45) is 0 Å². The number of ether oxygens (including phenoxy) is 1. The Labute approximate surface area is 74.4 Å². The molecule has 0 aliphatic rings. The van der Waals surface area contributed by atoms with Gasteiger partial charge in [0.2, 0.25) is 0 Å². The number of carbonyl (C=O) groups is 1. The first kappa shape index (κ1) is 10.9. The van der Waals surface area contributed by atoms with Crippen molar-refractivity contribution in [3.63, 3.8) is 0 Å². The zero-order chi connectivity index (χ0) is 8.53. The van der Waals surface area contributed by atoms with Crippen LogP contribution >= 0.6 is 0 Å². The van der Waals surface area contributed by atoms with E-state index in [1.165, 1.54) is 7.11 Å². The van der Waals surface area contributed by atoms with Crippen LogP contribution in [-0.2, 0) is 30.2 Å². The van der Waals surface area contributed by atoms with Gasteiger partial charge in [0.1, 0.15) is 0 Å². The average Bonchev–Trinajstić information content (AvgIpc) is 2.04. The van der Waals surface area contributed by atoms with E-state index in [0.29, 0.717) is 6.42 Å². The molecule has 0 bridgehead atoms. The molecule has 0 N–H and O–H groups in total. The Kier molecular flexibility index (Phi) is 7.92. The molecule has 0 aromatic rings. The topological polar surface area (TPSA) is 43.4 Å². The van der Waals surface area contributed by atoms with Crippen molar-refractivity contribution in [2.75, 3.05) is 7.11 Å². The maximum atomic E-state index is 10.6. The fourth-order valence-electron chi connectivity index (χ4n) is 0.827. The molecule has 0 aliphatic heterocycles. The number of methoxy groups -OCH3 is 1. The van der Waals surface area contributed by atoms with Gasteiger partial charge in [-0.3, -0.25) is 0 Å². The van der Waals surface area contributed by atoms with Gasteiger partial charge in [-0.25, -0.2) is 0 Å². The van der Waals surface area contributed by atoms with E-state index in [1.807, 2.05) is 0 Å². The van der Waals surface area contributed by atoms with E-state index in [4.69, 9.17) is 0 Å². The van der Waals surface area contributed by atoms with Gasteiger partial charge in [-0.15, -0.1) is 0 Å². The van der Waals surface area contributed by atoms with Gasteiger partial charge in [-0.2, -0.15) is 0 Å². The summed E-state index contributed by atoms with van der Waals surface area (Å²) in [6.07, 6.45) is 3.39. The third-order valence-electron chi connectivity index (χ3n) is 1.50. The SMILES string of the molecule is COC(=O)CCCC[CH2][Zn]=[O]. The molecular formula is C7H13O3Zn. The predicted molar refractivity (Wildman–Crippen MR) is 36.0 cm³/mol. The van der Waals surface area contributed by atoms with Crippen molar-refractivity contribution in [1.82, 2.24) is 0 Å². The summed E-state index contributed by atoms with van der Waals surface area (Å²) in [5.74, 6) is -0.145. The van der Waals surface area contributed by atoms with E-state index >= 15 is 0 Å². The molecule has 0 atom stereocenters. The van der Waals surface area contributed by atoms with Crippen molar-refractivity contribution < 1.29 is 30.2 Å². The van der Waals surface area contributed by atoms with Crippen molar-refractivity contribution in [1.29, 1.82) is 0 Å². The first-order valence-electron chi connectivity index (χ1n) is 3.96. The van der Waals surface area contributed by atoms with Gasteiger partial charge in [-0.05, 0) is 0 Å². The van der Waals surface area contributed by atoms with Crippen LogP contribution in [0, 0.1) is 0 Å². The quantitative estimate of drug-likeness (QED) is 0.380. The monoisotopic (exact) mass is 209 g/mol. The van der Waals surface area contributed by atoms with Gasteiger partial charge in [-0.1, -0.05) is 0 Å². The first-order valence-corrected chi connectivity index (χ1v) is 7.27. The summed E-state index contributed by atoms with van der Waals surface area (Å²) in [6.45, 7) is 0. The summed E-state index contributed by atoms with van der Waals surface area (Å²) in [7, 11) is 1.40. The van der Waals surface area contributed by atoms with Gasteiger partial charge in [0, 0.05) is 0 Å². The fourth-order valence-corrected chi connectivity index (χ4v) is 2.00. The molecule has 0 aromatic carbocycles. The molecule has 0 aliphatic carbocycles. The van der Waals surface area contributed by atoms with Crippen molar-refractivity contribution >= 4 is 5.97 Å². The zero-order valence-corrected chi connectivity index (χ0v) is 9.93. The summed E-state index contributed by atoms with van der Waals surface area (Å²) in [5.41, 5.74) is 0. The standard InChI is InChI=1S/C7H13O2.O.Zn/c1-3-4-5-6-7(8)9-2;;/h1,3-6H2,2H3;;. The van der Waals surface area contributed by atoms with Crippen LogP contribution in [0.3, 0.4) is 0 Å². The number of unbranched alkanes of at least 4 members (excludes halogenated alkanes) is 2. The second-order valence-corrected chi connectivity index (χ2v) is 4.78. The van der Waals surface area contributed by atoms with E-state index in [0.717, 1.165) is 24.3 Å². The van der Waals surface area contributed by atoms with Crippen LogP contribution in [-0.4, -0.2) is 13.1 Å². The van der Waals surface area contributed by atoms with Gasteiger partial charge < -0.3 is 0 Å². The first-order chi connectivity index (χ1) is 5.31. The molecule has 0 aromatic heterocycles. The molecule has 61 valence electrons. The van der Waals surface area contributed by atoms with Gasteiger partial charge in [0.05, 0.1) is 0 Å². The fraction of sp³-hybridized carbons (Fsp3) is 0.857. The van der Waals surface area contributed by atoms with Crippen LogP contribution in [0.25, 0.3) is 0 Å². The molecule has 0 radical (unpaired) electrons. The predicted octanol–water partition coefficient (Wildman–Crippen LogP) is 1.57. The molecule has 11 heavy (non-hydrogen) atoms. The molecule has 0 saturated carbocycles. The van der Waals surface area contributed by atoms with E-state index in [9.17, 15) is 8.37 Å². The van der Waals surface area contributed by atoms with E-state index in [-0.39, 0.29) is 5.97 Å². The maximum absolute atomic E-state index is 10.6. The molecule has 0 rings (SSSR count). The second kappa shape index (κ2) is 7.99. The Morgan fingerprint density at radius 2 is 2.09 bits per heavy atom. The van der Waals surface area contributed by atoms with Crippen LogP contribution < -0.4 is 0 Å². The molecule has 0 saturated heterocycles. The summed E-state index contributed by atoms with van der Waals surface area (Å²) in [4.78, 5) is 10.6. The Morgan fingerprint density at radius 3 is 2.64 bits per heavy atom.